The summed E-state index contributed by atoms with van der Waals surface area (Å²) in [5.41, 5.74) is 1.72. The molecule has 1 heterocycles. The normalized spacial score (nSPS) is 10.9. The molecule has 0 amide bonds. The summed E-state index contributed by atoms with van der Waals surface area (Å²) in [7, 11) is 0. The smallest absolute Gasteiger partial charge is 0.328 e. The van der Waals surface area contributed by atoms with Crippen LogP contribution in [-0.4, -0.2) is 20.9 Å². The second-order valence-corrected chi connectivity index (χ2v) is 2.70. The largest absolute Gasteiger partial charge is 0.478 e. The number of aromatic nitrogens is 2. The molecular weight excluding hydrogens is 168 g/mol. The van der Waals surface area contributed by atoms with E-state index in [0.29, 0.717) is 0 Å². The van der Waals surface area contributed by atoms with Crippen molar-refractivity contribution in [3.05, 3.63) is 23.5 Å². The Kier molecular flexibility index (Phi) is 2.84. The summed E-state index contributed by atoms with van der Waals surface area (Å²) < 4.78 is 1.76. The van der Waals surface area contributed by atoms with Gasteiger partial charge in [-0.05, 0) is 26.0 Å². The summed E-state index contributed by atoms with van der Waals surface area (Å²) in [6, 6.07) is 1.85. The van der Waals surface area contributed by atoms with Crippen molar-refractivity contribution >= 4 is 12.0 Å². The first-order valence-corrected chi connectivity index (χ1v) is 4.09. The topological polar surface area (TPSA) is 55.1 Å². The number of carbonyl (C=O) groups is 1. The predicted octanol–water partition coefficient (Wildman–Crippen LogP) is 1.31. The number of hydrogen-bond donors (Lipinski definition) is 1. The van der Waals surface area contributed by atoms with Gasteiger partial charge in [-0.3, -0.25) is 4.68 Å². The molecule has 13 heavy (non-hydrogen) atoms. The maximum atomic E-state index is 10.3. The highest BCUT2D eigenvalue weighted by atomic mass is 16.4. The van der Waals surface area contributed by atoms with Gasteiger partial charge in [0.25, 0.3) is 0 Å². The third-order valence-electron chi connectivity index (χ3n) is 1.63. The summed E-state index contributed by atoms with van der Waals surface area (Å²) in [6.45, 7) is 4.59. The molecule has 0 aliphatic heterocycles. The summed E-state index contributed by atoms with van der Waals surface area (Å²) >= 11 is 0. The van der Waals surface area contributed by atoms with Crippen LogP contribution in [0.3, 0.4) is 0 Å². The molecule has 0 atom stereocenters. The van der Waals surface area contributed by atoms with Gasteiger partial charge in [0.1, 0.15) is 0 Å². The van der Waals surface area contributed by atoms with Crippen LogP contribution in [0.4, 0.5) is 0 Å². The fraction of sp³-hybridized carbons (Fsp3) is 0.333. The Balaban J connectivity index is 2.92. The lowest BCUT2D eigenvalue weighted by Gasteiger charge is -1.97. The Hall–Kier alpha value is -1.58. The van der Waals surface area contributed by atoms with Crippen molar-refractivity contribution in [3.8, 4) is 0 Å². The van der Waals surface area contributed by atoms with Crippen molar-refractivity contribution in [2.24, 2.45) is 0 Å². The van der Waals surface area contributed by atoms with Crippen LogP contribution in [0.15, 0.2) is 12.1 Å². The highest BCUT2D eigenvalue weighted by molar-refractivity contribution is 5.84. The van der Waals surface area contributed by atoms with Crippen LogP contribution >= 0.6 is 0 Å². The molecular formula is C9H12N2O2. The van der Waals surface area contributed by atoms with E-state index in [4.69, 9.17) is 5.11 Å². The average Bonchev–Trinajstić information content (AvgIpc) is 2.42. The molecule has 0 spiro atoms. The van der Waals surface area contributed by atoms with E-state index in [2.05, 4.69) is 5.10 Å². The third kappa shape index (κ3) is 2.43. The van der Waals surface area contributed by atoms with Gasteiger partial charge in [-0.15, -0.1) is 0 Å². The van der Waals surface area contributed by atoms with Crippen LogP contribution in [0.25, 0.3) is 6.08 Å². The molecule has 4 nitrogen and oxygen atoms in total. The van der Waals surface area contributed by atoms with E-state index >= 15 is 0 Å². The summed E-state index contributed by atoms with van der Waals surface area (Å²) in [6.07, 6.45) is 2.66. The average molecular weight is 180 g/mol. The Morgan fingerprint density at radius 3 is 3.00 bits per heavy atom. The molecule has 0 saturated carbocycles. The Morgan fingerprint density at radius 1 is 1.77 bits per heavy atom. The number of hydrogen-bond acceptors (Lipinski definition) is 2. The number of carboxylic acids is 1. The minimum atomic E-state index is -0.943. The summed E-state index contributed by atoms with van der Waals surface area (Å²) in [4.78, 5) is 10.3. The number of rotatable bonds is 3. The van der Waals surface area contributed by atoms with Crippen LogP contribution in [0.5, 0.6) is 0 Å². The highest BCUT2D eigenvalue weighted by Crippen LogP contribution is 2.05. The van der Waals surface area contributed by atoms with Gasteiger partial charge in [-0.1, -0.05) is 0 Å². The minimum absolute atomic E-state index is 0.743. The number of aliphatic carboxylic acids is 1. The zero-order valence-electron chi connectivity index (χ0n) is 7.69. The van der Waals surface area contributed by atoms with Gasteiger partial charge < -0.3 is 5.11 Å². The van der Waals surface area contributed by atoms with Crippen LogP contribution in [-0.2, 0) is 11.3 Å². The van der Waals surface area contributed by atoms with Crippen molar-refractivity contribution < 1.29 is 9.90 Å². The van der Waals surface area contributed by atoms with Gasteiger partial charge in [-0.2, -0.15) is 5.10 Å². The van der Waals surface area contributed by atoms with Crippen molar-refractivity contribution in [3.63, 3.8) is 0 Å². The van der Waals surface area contributed by atoms with E-state index in [1.165, 1.54) is 0 Å². The first kappa shape index (κ1) is 9.51. The zero-order chi connectivity index (χ0) is 9.84. The van der Waals surface area contributed by atoms with Crippen molar-refractivity contribution in [1.82, 2.24) is 9.78 Å². The SMILES string of the molecule is CCn1nc(C)cc1/C=C/C(=O)O. The van der Waals surface area contributed by atoms with E-state index in [1.807, 2.05) is 19.9 Å². The quantitative estimate of drug-likeness (QED) is 0.713. The Labute approximate surface area is 76.5 Å². The molecule has 0 radical (unpaired) electrons. The van der Waals surface area contributed by atoms with Crippen molar-refractivity contribution in [2.75, 3.05) is 0 Å². The lowest BCUT2D eigenvalue weighted by Crippen LogP contribution is -1.99. The van der Waals surface area contributed by atoms with Crippen LogP contribution in [0, 0.1) is 6.92 Å². The molecule has 1 rings (SSSR count). The standard InChI is InChI=1S/C9H12N2O2/c1-3-11-8(4-5-9(12)13)6-7(2)10-11/h4-6H,3H2,1-2H3,(H,12,13)/b5-4+. The molecule has 0 aromatic carbocycles. The second kappa shape index (κ2) is 3.89. The molecule has 0 bridgehead atoms. The van der Waals surface area contributed by atoms with Crippen LogP contribution in [0.1, 0.15) is 18.3 Å². The van der Waals surface area contributed by atoms with Gasteiger partial charge in [-0.25, -0.2) is 4.79 Å². The first-order chi connectivity index (χ1) is 6.13. The number of aryl methyl sites for hydroxylation is 2. The van der Waals surface area contributed by atoms with Gasteiger partial charge in [0, 0.05) is 12.6 Å². The predicted molar refractivity (Wildman–Crippen MR) is 49.3 cm³/mol. The molecule has 1 aromatic rings. The van der Waals surface area contributed by atoms with Gasteiger partial charge >= 0.3 is 5.97 Å². The van der Waals surface area contributed by atoms with Crippen molar-refractivity contribution in [1.29, 1.82) is 0 Å². The maximum absolute atomic E-state index is 10.3. The Bertz CT molecular complexity index is 339. The lowest BCUT2D eigenvalue weighted by molar-refractivity contribution is -0.131. The molecule has 4 heteroatoms. The first-order valence-electron chi connectivity index (χ1n) is 4.09. The minimum Gasteiger partial charge on any atom is -0.478 e. The molecule has 0 aliphatic rings. The van der Waals surface area contributed by atoms with Gasteiger partial charge in [0.2, 0.25) is 0 Å². The summed E-state index contributed by atoms with van der Waals surface area (Å²) in [5, 5.41) is 12.6. The van der Waals surface area contributed by atoms with E-state index in [9.17, 15) is 4.79 Å². The third-order valence-corrected chi connectivity index (χ3v) is 1.63. The lowest BCUT2D eigenvalue weighted by atomic mass is 10.3. The molecule has 0 saturated heterocycles. The van der Waals surface area contributed by atoms with E-state index < -0.39 is 5.97 Å². The van der Waals surface area contributed by atoms with Crippen molar-refractivity contribution in [2.45, 2.75) is 20.4 Å². The fourth-order valence-electron chi connectivity index (χ4n) is 1.11. The maximum Gasteiger partial charge on any atom is 0.328 e. The summed E-state index contributed by atoms with van der Waals surface area (Å²) in [5.74, 6) is -0.943. The van der Waals surface area contributed by atoms with E-state index in [1.54, 1.807) is 10.8 Å². The monoisotopic (exact) mass is 180 g/mol. The van der Waals surface area contributed by atoms with Gasteiger partial charge in [0.15, 0.2) is 0 Å². The molecule has 0 aliphatic carbocycles. The molecule has 0 fully saturated rings. The molecule has 1 aromatic heterocycles. The van der Waals surface area contributed by atoms with E-state index in [0.717, 1.165) is 24.0 Å². The molecule has 70 valence electrons. The molecule has 1 N–H and O–H groups in total. The van der Waals surface area contributed by atoms with Gasteiger partial charge in [0.05, 0.1) is 11.4 Å². The number of carboxylic acid groups (broad SMARTS) is 1. The van der Waals surface area contributed by atoms with Crippen LogP contribution < -0.4 is 0 Å². The Morgan fingerprint density at radius 2 is 2.46 bits per heavy atom. The highest BCUT2D eigenvalue weighted by Gasteiger charge is 1.99. The fourth-order valence-corrected chi connectivity index (χ4v) is 1.11. The van der Waals surface area contributed by atoms with E-state index in [-0.39, 0.29) is 0 Å². The second-order valence-electron chi connectivity index (χ2n) is 2.70. The molecule has 0 unspecified atom stereocenters. The van der Waals surface area contributed by atoms with Crippen LogP contribution in [0.2, 0.25) is 0 Å². The number of nitrogens with zero attached hydrogens (tertiary/aromatic N) is 2. The zero-order valence-corrected chi connectivity index (χ0v) is 7.69.